The lowest BCUT2D eigenvalue weighted by molar-refractivity contribution is 0.459. The van der Waals surface area contributed by atoms with E-state index in [1.165, 1.54) is 16.8 Å². The predicted octanol–water partition coefficient (Wildman–Crippen LogP) is 7.88. The fourth-order valence-electron chi connectivity index (χ4n) is 2.85. The molecule has 0 saturated carbocycles. The Morgan fingerprint density at radius 2 is 1.45 bits per heavy atom. The Hall–Kier alpha value is -1.86. The van der Waals surface area contributed by atoms with Crippen molar-refractivity contribution in [3.63, 3.8) is 0 Å². The SMILES string of the molecule is O=S(=O)(c1ccccc1)c1nn(-c2ccc(Br)cc2Br)c(N=Nc2ccc(Br)cc2Br)c1O. The molecule has 1 N–H and O–H groups in total. The van der Waals surface area contributed by atoms with Crippen molar-refractivity contribution in [2.75, 3.05) is 0 Å². The van der Waals surface area contributed by atoms with E-state index in [0.717, 1.165) is 8.95 Å². The first-order chi connectivity index (χ1) is 15.7. The molecular weight excluding hydrogens is 708 g/mol. The maximum atomic E-state index is 13.2. The van der Waals surface area contributed by atoms with Crippen LogP contribution in [0.15, 0.2) is 105 Å². The van der Waals surface area contributed by atoms with Crippen LogP contribution in [-0.4, -0.2) is 23.3 Å². The molecule has 0 aliphatic rings. The lowest BCUT2D eigenvalue weighted by Gasteiger charge is -2.07. The van der Waals surface area contributed by atoms with E-state index in [4.69, 9.17) is 0 Å². The number of azo groups is 1. The van der Waals surface area contributed by atoms with E-state index >= 15 is 0 Å². The van der Waals surface area contributed by atoms with Gasteiger partial charge in [0.05, 0.1) is 16.3 Å². The molecule has 0 aliphatic heterocycles. The summed E-state index contributed by atoms with van der Waals surface area (Å²) in [5.41, 5.74) is 0.944. The summed E-state index contributed by atoms with van der Waals surface area (Å²) in [5.74, 6) is -0.743. The van der Waals surface area contributed by atoms with E-state index in [2.05, 4.69) is 79.0 Å². The van der Waals surface area contributed by atoms with Gasteiger partial charge in [0.1, 0.15) is 0 Å². The smallest absolute Gasteiger partial charge is 0.229 e. The third-order valence-electron chi connectivity index (χ3n) is 4.41. The zero-order chi connectivity index (χ0) is 23.8. The van der Waals surface area contributed by atoms with E-state index in [-0.39, 0.29) is 10.7 Å². The Bertz CT molecular complexity index is 1490. The fraction of sp³-hybridized carbons (Fsp3) is 0. The average Bonchev–Trinajstić information content (AvgIpc) is 3.10. The van der Waals surface area contributed by atoms with Crippen LogP contribution in [0.1, 0.15) is 0 Å². The van der Waals surface area contributed by atoms with Crippen LogP contribution in [0.2, 0.25) is 0 Å². The van der Waals surface area contributed by atoms with Gasteiger partial charge in [0.15, 0.2) is 0 Å². The Labute approximate surface area is 223 Å². The highest BCUT2D eigenvalue weighted by atomic mass is 79.9. The van der Waals surface area contributed by atoms with Gasteiger partial charge in [-0.1, -0.05) is 50.1 Å². The zero-order valence-electron chi connectivity index (χ0n) is 16.3. The van der Waals surface area contributed by atoms with Gasteiger partial charge in [-0.2, -0.15) is 0 Å². The molecule has 0 bridgehead atoms. The molecule has 12 heteroatoms. The number of rotatable bonds is 5. The van der Waals surface area contributed by atoms with Crippen molar-refractivity contribution in [2.45, 2.75) is 9.92 Å². The van der Waals surface area contributed by atoms with Crippen LogP contribution >= 0.6 is 63.7 Å². The lowest BCUT2D eigenvalue weighted by Crippen LogP contribution is -2.05. The van der Waals surface area contributed by atoms with Crippen LogP contribution < -0.4 is 0 Å². The molecule has 0 amide bonds. The molecule has 1 heterocycles. The molecule has 0 saturated heterocycles. The standard InChI is InChI=1S/C21H12Br4N4O3S/c22-12-6-8-17(15(24)10-12)26-27-20-19(30)21(33(31,32)14-4-2-1-3-5-14)28-29(20)18-9-7-13(23)11-16(18)25/h1-11,30H. The van der Waals surface area contributed by atoms with Crippen molar-refractivity contribution in [3.8, 4) is 11.4 Å². The van der Waals surface area contributed by atoms with Crippen LogP contribution in [0.3, 0.4) is 0 Å². The van der Waals surface area contributed by atoms with Gasteiger partial charge in [0, 0.05) is 17.9 Å². The summed E-state index contributed by atoms with van der Waals surface area (Å²) in [4.78, 5) is -0.000959. The summed E-state index contributed by atoms with van der Waals surface area (Å²) in [5, 5.41) is 23.0. The second kappa shape index (κ2) is 9.79. The molecule has 1 aromatic heterocycles. The number of aromatic hydroxyl groups is 1. The molecule has 0 unspecified atom stereocenters. The van der Waals surface area contributed by atoms with Gasteiger partial charge >= 0.3 is 0 Å². The maximum absolute atomic E-state index is 13.2. The van der Waals surface area contributed by atoms with E-state index in [0.29, 0.717) is 20.3 Å². The van der Waals surface area contributed by atoms with Crippen molar-refractivity contribution in [1.29, 1.82) is 0 Å². The summed E-state index contributed by atoms with van der Waals surface area (Å²) in [7, 11) is -4.12. The minimum Gasteiger partial charge on any atom is -0.502 e. The molecule has 7 nitrogen and oxygen atoms in total. The van der Waals surface area contributed by atoms with Gasteiger partial charge < -0.3 is 5.11 Å². The third-order valence-corrected chi connectivity index (χ3v) is 8.35. The van der Waals surface area contributed by atoms with Crippen molar-refractivity contribution < 1.29 is 13.5 Å². The van der Waals surface area contributed by atoms with Crippen molar-refractivity contribution >= 4 is 85.1 Å². The number of benzene rings is 3. The van der Waals surface area contributed by atoms with E-state index in [1.54, 1.807) is 54.6 Å². The van der Waals surface area contributed by atoms with Gasteiger partial charge in [-0.15, -0.1) is 15.3 Å². The van der Waals surface area contributed by atoms with Crippen molar-refractivity contribution in [2.24, 2.45) is 10.2 Å². The van der Waals surface area contributed by atoms with Gasteiger partial charge in [-0.05, 0) is 80.4 Å². The average molecular weight is 720 g/mol. The molecule has 0 aliphatic carbocycles. The van der Waals surface area contributed by atoms with Crippen molar-refractivity contribution in [3.05, 3.63) is 84.6 Å². The molecule has 0 atom stereocenters. The third kappa shape index (κ3) is 4.99. The molecule has 4 rings (SSSR count). The van der Waals surface area contributed by atoms with E-state index in [9.17, 15) is 13.5 Å². The molecule has 4 aromatic rings. The van der Waals surface area contributed by atoms with Crippen LogP contribution in [-0.2, 0) is 9.84 Å². The monoisotopic (exact) mass is 716 g/mol. The van der Waals surface area contributed by atoms with E-state index < -0.39 is 20.6 Å². The summed E-state index contributed by atoms with van der Waals surface area (Å²) < 4.78 is 30.6. The highest BCUT2D eigenvalue weighted by Crippen LogP contribution is 2.41. The highest BCUT2D eigenvalue weighted by Gasteiger charge is 2.30. The molecule has 0 fully saturated rings. The van der Waals surface area contributed by atoms with Gasteiger partial charge in [-0.25, -0.2) is 13.1 Å². The van der Waals surface area contributed by atoms with Gasteiger partial charge in [0.2, 0.25) is 26.4 Å². The minimum absolute atomic E-state index is 0.000959. The lowest BCUT2D eigenvalue weighted by atomic mass is 10.3. The number of hydrogen-bond donors (Lipinski definition) is 1. The summed E-state index contributed by atoms with van der Waals surface area (Å²) in [6, 6.07) is 18.3. The Kier molecular flexibility index (Phi) is 7.20. The summed E-state index contributed by atoms with van der Waals surface area (Å²) >= 11 is 13.6. The molecule has 0 spiro atoms. The first-order valence-corrected chi connectivity index (χ1v) is 13.8. The first-order valence-electron chi connectivity index (χ1n) is 9.13. The maximum Gasteiger partial charge on any atom is 0.229 e. The minimum atomic E-state index is -4.12. The van der Waals surface area contributed by atoms with E-state index in [1.807, 2.05) is 0 Å². The largest absolute Gasteiger partial charge is 0.502 e. The Morgan fingerprint density at radius 3 is 2.09 bits per heavy atom. The predicted molar refractivity (Wildman–Crippen MR) is 139 cm³/mol. The summed E-state index contributed by atoms with van der Waals surface area (Å²) in [6.07, 6.45) is 0. The quantitative estimate of drug-likeness (QED) is 0.212. The van der Waals surface area contributed by atoms with Crippen LogP contribution in [0.4, 0.5) is 11.5 Å². The number of halogens is 4. The highest BCUT2D eigenvalue weighted by molar-refractivity contribution is 9.11. The molecule has 0 radical (unpaired) electrons. The fourth-order valence-corrected chi connectivity index (χ4v) is 6.46. The second-order valence-corrected chi connectivity index (χ2v) is 12.0. The normalized spacial score (nSPS) is 11.9. The van der Waals surface area contributed by atoms with Crippen LogP contribution in [0.25, 0.3) is 5.69 Å². The number of sulfone groups is 1. The molecular formula is C21H12Br4N4O3S. The molecule has 33 heavy (non-hydrogen) atoms. The van der Waals surface area contributed by atoms with Gasteiger partial charge in [0.25, 0.3) is 0 Å². The van der Waals surface area contributed by atoms with Crippen LogP contribution in [0, 0.1) is 0 Å². The van der Waals surface area contributed by atoms with Crippen LogP contribution in [0.5, 0.6) is 5.75 Å². The summed E-state index contributed by atoms with van der Waals surface area (Å²) in [6.45, 7) is 0. The van der Waals surface area contributed by atoms with Gasteiger partial charge in [-0.3, -0.25) is 0 Å². The second-order valence-electron chi connectivity index (χ2n) is 6.60. The Balaban J connectivity index is 1.93. The first kappa shape index (κ1) is 24.3. The topological polar surface area (TPSA) is 96.9 Å². The van der Waals surface area contributed by atoms with Crippen molar-refractivity contribution in [1.82, 2.24) is 9.78 Å². The molecule has 3 aromatic carbocycles. The molecule has 168 valence electrons. The zero-order valence-corrected chi connectivity index (χ0v) is 23.5. The number of hydrogen-bond acceptors (Lipinski definition) is 6. The number of nitrogens with zero attached hydrogens (tertiary/aromatic N) is 4. The number of aromatic nitrogens is 2. The Morgan fingerprint density at radius 1 is 0.818 bits per heavy atom.